The minimum Gasteiger partial charge on any atom is -0.483 e. The van der Waals surface area contributed by atoms with E-state index in [0.717, 1.165) is 0 Å². The Kier molecular flexibility index (Phi) is 5.05. The van der Waals surface area contributed by atoms with Crippen molar-refractivity contribution in [2.75, 3.05) is 14.1 Å². The molecule has 0 amide bonds. The van der Waals surface area contributed by atoms with Crippen LogP contribution in [0.15, 0.2) is 36.5 Å². The fourth-order valence-corrected chi connectivity index (χ4v) is 1.27. The average molecular weight is 264 g/mol. The molecule has 19 heavy (non-hydrogen) atoms. The van der Waals surface area contributed by atoms with Crippen LogP contribution in [0.4, 0.5) is 5.69 Å². The van der Waals surface area contributed by atoms with E-state index in [1.54, 1.807) is 18.0 Å². The third-order valence-corrected chi connectivity index (χ3v) is 2.30. The standard InChI is InChI=1S/C13H16N2O4/c1-10(13(16)8-9-14(2)3)19-12-6-4-11(5-7-12)15(17)18/h4-10H,1-3H3/b9-8+/t10-/m0/s1. The second-order valence-corrected chi connectivity index (χ2v) is 4.19. The summed E-state index contributed by atoms with van der Waals surface area (Å²) >= 11 is 0. The zero-order valence-corrected chi connectivity index (χ0v) is 11.1. The molecule has 1 rings (SSSR count). The predicted molar refractivity (Wildman–Crippen MR) is 71.0 cm³/mol. The molecule has 0 unspecified atom stereocenters. The molecule has 0 aromatic heterocycles. The van der Waals surface area contributed by atoms with Crippen LogP contribution in [0.2, 0.25) is 0 Å². The number of ether oxygens (including phenoxy) is 1. The van der Waals surface area contributed by atoms with Gasteiger partial charge in [-0.1, -0.05) is 0 Å². The fourth-order valence-electron chi connectivity index (χ4n) is 1.27. The molecule has 0 fully saturated rings. The summed E-state index contributed by atoms with van der Waals surface area (Å²) in [6.07, 6.45) is 2.42. The van der Waals surface area contributed by atoms with Gasteiger partial charge in [-0.05, 0) is 19.1 Å². The molecule has 1 atom stereocenters. The van der Waals surface area contributed by atoms with Crippen LogP contribution in [0.3, 0.4) is 0 Å². The number of nitro groups is 1. The Hall–Kier alpha value is -2.37. The maximum atomic E-state index is 11.7. The third-order valence-electron chi connectivity index (χ3n) is 2.30. The van der Waals surface area contributed by atoms with E-state index < -0.39 is 11.0 Å². The number of non-ortho nitro benzene ring substituents is 1. The van der Waals surface area contributed by atoms with E-state index in [-0.39, 0.29) is 11.5 Å². The number of ketones is 1. The van der Waals surface area contributed by atoms with Crippen molar-refractivity contribution < 1.29 is 14.5 Å². The van der Waals surface area contributed by atoms with Crippen LogP contribution in [0.25, 0.3) is 0 Å². The van der Waals surface area contributed by atoms with Crippen molar-refractivity contribution in [3.63, 3.8) is 0 Å². The normalized spacial score (nSPS) is 12.2. The van der Waals surface area contributed by atoms with Gasteiger partial charge in [0.2, 0.25) is 0 Å². The second-order valence-electron chi connectivity index (χ2n) is 4.19. The van der Waals surface area contributed by atoms with Gasteiger partial charge in [-0.25, -0.2) is 0 Å². The molecule has 6 nitrogen and oxygen atoms in total. The number of hydrogen-bond acceptors (Lipinski definition) is 5. The first-order valence-corrected chi connectivity index (χ1v) is 5.69. The van der Waals surface area contributed by atoms with Crippen molar-refractivity contribution in [2.45, 2.75) is 13.0 Å². The molecule has 0 aliphatic carbocycles. The van der Waals surface area contributed by atoms with E-state index in [4.69, 9.17) is 4.74 Å². The molecule has 1 aromatic carbocycles. The highest BCUT2D eigenvalue weighted by atomic mass is 16.6. The average Bonchev–Trinajstić information content (AvgIpc) is 2.36. The first-order chi connectivity index (χ1) is 8.90. The lowest BCUT2D eigenvalue weighted by atomic mass is 10.2. The van der Waals surface area contributed by atoms with Gasteiger partial charge in [-0.3, -0.25) is 14.9 Å². The van der Waals surface area contributed by atoms with Crippen molar-refractivity contribution >= 4 is 11.5 Å². The van der Waals surface area contributed by atoms with Gasteiger partial charge in [0, 0.05) is 38.5 Å². The Bertz CT molecular complexity index is 480. The predicted octanol–water partition coefficient (Wildman–Crippen LogP) is 2.01. The van der Waals surface area contributed by atoms with Crippen LogP contribution in [0, 0.1) is 10.1 Å². The molecular weight excluding hydrogens is 248 g/mol. The molecule has 0 heterocycles. The summed E-state index contributed by atoms with van der Waals surface area (Å²) in [7, 11) is 3.62. The van der Waals surface area contributed by atoms with Gasteiger partial charge in [-0.2, -0.15) is 0 Å². The van der Waals surface area contributed by atoms with Crippen LogP contribution in [0.5, 0.6) is 5.75 Å². The van der Waals surface area contributed by atoms with Crippen molar-refractivity contribution in [1.29, 1.82) is 0 Å². The number of nitro benzene ring substituents is 1. The quantitative estimate of drug-likeness (QED) is 0.446. The molecule has 0 aliphatic rings. The molecule has 0 saturated carbocycles. The van der Waals surface area contributed by atoms with E-state index in [1.165, 1.54) is 30.3 Å². The van der Waals surface area contributed by atoms with Gasteiger partial charge in [0.15, 0.2) is 11.9 Å². The van der Waals surface area contributed by atoms with E-state index in [2.05, 4.69) is 0 Å². The summed E-state index contributed by atoms with van der Waals surface area (Å²) in [6.45, 7) is 1.63. The molecule has 0 aliphatic heterocycles. The van der Waals surface area contributed by atoms with Gasteiger partial charge in [-0.15, -0.1) is 0 Å². The van der Waals surface area contributed by atoms with Crippen LogP contribution < -0.4 is 4.74 Å². The Morgan fingerprint density at radius 1 is 1.37 bits per heavy atom. The number of hydrogen-bond donors (Lipinski definition) is 0. The molecule has 0 saturated heterocycles. The van der Waals surface area contributed by atoms with Gasteiger partial charge < -0.3 is 9.64 Å². The fraction of sp³-hybridized carbons (Fsp3) is 0.308. The lowest BCUT2D eigenvalue weighted by molar-refractivity contribution is -0.384. The molecule has 0 N–H and O–H groups in total. The Morgan fingerprint density at radius 2 is 1.95 bits per heavy atom. The maximum Gasteiger partial charge on any atom is 0.269 e. The van der Waals surface area contributed by atoms with Crippen LogP contribution >= 0.6 is 0 Å². The number of carbonyl (C=O) groups excluding carboxylic acids is 1. The first kappa shape index (κ1) is 14.7. The minimum absolute atomic E-state index is 0.0150. The van der Waals surface area contributed by atoms with Crippen molar-refractivity contribution in [1.82, 2.24) is 4.90 Å². The Balaban J connectivity index is 2.63. The summed E-state index contributed by atoms with van der Waals surface area (Å²) in [5, 5.41) is 10.5. The lowest BCUT2D eigenvalue weighted by Crippen LogP contribution is -2.22. The van der Waals surface area contributed by atoms with Crippen molar-refractivity contribution in [3.05, 3.63) is 46.7 Å². The van der Waals surface area contributed by atoms with Crippen molar-refractivity contribution in [2.24, 2.45) is 0 Å². The highest BCUT2D eigenvalue weighted by Gasteiger charge is 2.12. The largest absolute Gasteiger partial charge is 0.483 e. The number of carbonyl (C=O) groups is 1. The lowest BCUT2D eigenvalue weighted by Gasteiger charge is -2.12. The Morgan fingerprint density at radius 3 is 2.42 bits per heavy atom. The van der Waals surface area contributed by atoms with Crippen LogP contribution in [-0.2, 0) is 4.79 Å². The minimum atomic E-state index is -0.641. The summed E-state index contributed by atoms with van der Waals surface area (Å²) in [6, 6.07) is 5.61. The molecule has 0 spiro atoms. The molecular formula is C13H16N2O4. The Labute approximate surface area is 111 Å². The molecule has 102 valence electrons. The van der Waals surface area contributed by atoms with E-state index in [9.17, 15) is 14.9 Å². The second kappa shape index (κ2) is 6.53. The highest BCUT2D eigenvalue weighted by molar-refractivity contribution is 5.93. The number of nitrogens with zero attached hydrogens (tertiary/aromatic N) is 2. The zero-order chi connectivity index (χ0) is 14.4. The van der Waals surface area contributed by atoms with E-state index in [1.807, 2.05) is 14.1 Å². The van der Waals surface area contributed by atoms with E-state index >= 15 is 0 Å². The summed E-state index contributed by atoms with van der Waals surface area (Å²) in [5.41, 5.74) is -0.0150. The van der Waals surface area contributed by atoms with Gasteiger partial charge in [0.25, 0.3) is 5.69 Å². The monoisotopic (exact) mass is 264 g/mol. The van der Waals surface area contributed by atoms with Crippen LogP contribution in [0.1, 0.15) is 6.92 Å². The molecule has 0 bridgehead atoms. The zero-order valence-electron chi connectivity index (χ0n) is 11.1. The molecule has 1 aromatic rings. The summed E-state index contributed by atoms with van der Waals surface area (Å²) in [4.78, 5) is 23.4. The van der Waals surface area contributed by atoms with E-state index in [0.29, 0.717) is 5.75 Å². The molecule has 0 radical (unpaired) electrons. The van der Waals surface area contributed by atoms with Crippen LogP contribution in [-0.4, -0.2) is 35.8 Å². The number of benzene rings is 1. The van der Waals surface area contributed by atoms with Gasteiger partial charge in [0.05, 0.1) is 4.92 Å². The topological polar surface area (TPSA) is 72.7 Å². The SMILES string of the molecule is C[C@H](Oc1ccc([N+](=O)[O-])cc1)C(=O)/C=C/N(C)C. The van der Waals surface area contributed by atoms with Gasteiger partial charge >= 0.3 is 0 Å². The summed E-state index contributed by atoms with van der Waals surface area (Å²) < 4.78 is 5.40. The maximum absolute atomic E-state index is 11.7. The summed E-state index contributed by atoms with van der Waals surface area (Å²) in [5.74, 6) is 0.247. The van der Waals surface area contributed by atoms with Gasteiger partial charge in [0.1, 0.15) is 5.75 Å². The highest BCUT2D eigenvalue weighted by Crippen LogP contribution is 2.18. The third kappa shape index (κ3) is 4.79. The molecule has 6 heteroatoms. The number of rotatable bonds is 6. The van der Waals surface area contributed by atoms with Crippen molar-refractivity contribution in [3.8, 4) is 5.75 Å². The smallest absolute Gasteiger partial charge is 0.269 e. The first-order valence-electron chi connectivity index (χ1n) is 5.69.